The summed E-state index contributed by atoms with van der Waals surface area (Å²) in [7, 11) is 0. The van der Waals surface area contributed by atoms with Crippen LogP contribution >= 0.6 is 11.8 Å². The van der Waals surface area contributed by atoms with Crippen molar-refractivity contribution in [2.24, 2.45) is 4.99 Å². The fourth-order valence-electron chi connectivity index (χ4n) is 6.01. The Morgan fingerprint density at radius 2 is 1.82 bits per heavy atom. The smallest absolute Gasteiger partial charge is 0.246 e. The van der Waals surface area contributed by atoms with Gasteiger partial charge in [-0.1, -0.05) is 60.7 Å². The fraction of sp³-hybridized carbons (Fsp3) is 0.333. The number of fused-ring (bicyclic) bond motifs is 2. The van der Waals surface area contributed by atoms with Crippen LogP contribution in [-0.4, -0.2) is 91.3 Å². The summed E-state index contributed by atoms with van der Waals surface area (Å²) in [5, 5.41) is 13.4. The molecule has 6 rings (SSSR count). The van der Waals surface area contributed by atoms with Crippen LogP contribution in [0.15, 0.2) is 83.4 Å². The number of benzene rings is 2. The van der Waals surface area contributed by atoms with Gasteiger partial charge in [-0.2, -0.15) is 0 Å². The molecule has 4 unspecified atom stereocenters. The molecule has 0 saturated carbocycles. The number of hydrazine groups is 1. The summed E-state index contributed by atoms with van der Waals surface area (Å²) in [5.74, 6) is -0.396. The Bertz CT molecular complexity index is 1390. The topological polar surface area (TPSA) is 96.8 Å². The molecule has 40 heavy (non-hydrogen) atoms. The van der Waals surface area contributed by atoms with Gasteiger partial charge in [0.15, 0.2) is 0 Å². The van der Waals surface area contributed by atoms with E-state index < -0.39 is 12.2 Å². The fourth-order valence-corrected chi connectivity index (χ4v) is 6.93. The molecule has 1 aliphatic carbocycles. The molecule has 0 spiro atoms. The van der Waals surface area contributed by atoms with Crippen molar-refractivity contribution >= 4 is 35.0 Å². The minimum absolute atomic E-state index is 0.00400. The second kappa shape index (κ2) is 10.9. The number of phenols is 1. The molecule has 10 heteroatoms. The van der Waals surface area contributed by atoms with Crippen molar-refractivity contribution in [3.63, 3.8) is 0 Å². The Balaban J connectivity index is 1.34. The summed E-state index contributed by atoms with van der Waals surface area (Å²) < 4.78 is 0. The maximum Gasteiger partial charge on any atom is 0.246 e. The lowest BCUT2D eigenvalue weighted by molar-refractivity contribution is -0.206. The van der Waals surface area contributed by atoms with Crippen LogP contribution in [0.1, 0.15) is 18.1 Å². The molecule has 2 fully saturated rings. The molecule has 9 nitrogen and oxygen atoms in total. The van der Waals surface area contributed by atoms with Gasteiger partial charge in [0.2, 0.25) is 17.7 Å². The Morgan fingerprint density at radius 1 is 1.05 bits per heavy atom. The van der Waals surface area contributed by atoms with Gasteiger partial charge >= 0.3 is 0 Å². The van der Waals surface area contributed by atoms with Crippen LogP contribution < -0.4 is 0 Å². The molecule has 2 aromatic rings. The molecule has 2 saturated heterocycles. The monoisotopic (exact) mass is 557 g/mol. The zero-order valence-electron chi connectivity index (χ0n) is 22.2. The van der Waals surface area contributed by atoms with Crippen molar-refractivity contribution in [1.82, 2.24) is 19.8 Å². The van der Waals surface area contributed by atoms with E-state index in [0.29, 0.717) is 13.1 Å². The van der Waals surface area contributed by atoms with Crippen molar-refractivity contribution in [1.29, 1.82) is 0 Å². The molecule has 0 aromatic heterocycles. The maximum absolute atomic E-state index is 14.1. The third-order valence-corrected chi connectivity index (χ3v) is 8.81. The molecule has 1 N–H and O–H groups in total. The second-order valence-corrected chi connectivity index (χ2v) is 11.5. The number of hydrogen-bond donors (Lipinski definition) is 1. The number of carbonyl (C=O) groups excluding carboxylic acids is 3. The van der Waals surface area contributed by atoms with Crippen LogP contribution in [0, 0.1) is 0 Å². The van der Waals surface area contributed by atoms with E-state index in [1.807, 2.05) is 48.0 Å². The molecular formula is C30H31N5O4S. The Labute approximate surface area is 237 Å². The molecule has 0 bridgehead atoms. The van der Waals surface area contributed by atoms with Gasteiger partial charge in [-0.25, -0.2) is 10.0 Å². The van der Waals surface area contributed by atoms with Crippen LogP contribution in [0.3, 0.4) is 0 Å². The van der Waals surface area contributed by atoms with E-state index in [2.05, 4.69) is 11.1 Å². The van der Waals surface area contributed by atoms with E-state index in [1.165, 1.54) is 6.92 Å². The maximum atomic E-state index is 14.1. The van der Waals surface area contributed by atoms with Gasteiger partial charge in [0.25, 0.3) is 0 Å². The van der Waals surface area contributed by atoms with Gasteiger partial charge in [0, 0.05) is 26.4 Å². The number of nitrogens with zero attached hydrogens (tertiary/aromatic N) is 5. The van der Waals surface area contributed by atoms with E-state index in [-0.39, 0.29) is 54.3 Å². The number of carbonyl (C=O) groups is 3. The highest BCUT2D eigenvalue weighted by molar-refractivity contribution is 8.13. The van der Waals surface area contributed by atoms with Crippen molar-refractivity contribution < 1.29 is 19.5 Å². The number of amides is 3. The van der Waals surface area contributed by atoms with Crippen molar-refractivity contribution in [2.45, 2.75) is 43.4 Å². The minimum atomic E-state index is -0.784. The number of allylic oxidation sites excluding steroid dienone is 2. The first-order chi connectivity index (χ1) is 19.4. The average Bonchev–Trinajstić information content (AvgIpc) is 3.42. The number of aliphatic imine (C=N–C) groups is 1. The summed E-state index contributed by atoms with van der Waals surface area (Å²) in [6.07, 6.45) is 5.80. The zero-order chi connectivity index (χ0) is 27.8. The number of phenolic OH excluding ortho intramolecular Hbond substituents is 1. The third-order valence-electron chi connectivity index (χ3n) is 7.84. The van der Waals surface area contributed by atoms with Crippen LogP contribution in [0.5, 0.6) is 5.75 Å². The van der Waals surface area contributed by atoms with E-state index in [1.54, 1.807) is 55.8 Å². The van der Waals surface area contributed by atoms with Crippen LogP contribution in [0.4, 0.5) is 0 Å². The highest BCUT2D eigenvalue weighted by Gasteiger charge is 2.51. The summed E-state index contributed by atoms with van der Waals surface area (Å²) in [5.41, 5.74) is 4.71. The van der Waals surface area contributed by atoms with Crippen molar-refractivity contribution in [2.75, 3.05) is 19.6 Å². The molecule has 206 valence electrons. The number of piperazine rings is 1. The standard InChI is InChI=1S/C30H31N5O4S/c1-20(36)35-27-17-32(16-23-8-5-9-26-29(23)31-19-40-26)30(39)25(14-21-10-12-24(37)13-11-21)34(27)28(38)18-33(35)15-22-6-3-2-4-7-22/h2-13,19,25-27,29,37H,14-18H2,1H3. The zero-order valence-corrected chi connectivity index (χ0v) is 23.0. The van der Waals surface area contributed by atoms with E-state index >= 15 is 0 Å². The molecule has 3 aliphatic heterocycles. The first-order valence-corrected chi connectivity index (χ1v) is 14.3. The molecule has 3 amide bonds. The molecule has 3 heterocycles. The SMILES string of the molecule is CC(=O)N1C2CN(CC3=CC=CC4SC=NC34)C(=O)C(Cc3ccc(O)cc3)N2C(=O)CN1Cc1ccccc1. The quantitative estimate of drug-likeness (QED) is 0.587. The molecule has 4 atom stereocenters. The normalized spacial score (nSPS) is 26.1. The molecular weight excluding hydrogens is 526 g/mol. The lowest BCUT2D eigenvalue weighted by Crippen LogP contribution is -2.75. The summed E-state index contributed by atoms with van der Waals surface area (Å²) in [6.45, 7) is 2.48. The number of thioether (sulfide) groups is 1. The number of hydrogen-bond acceptors (Lipinski definition) is 7. The molecule has 2 aromatic carbocycles. The highest BCUT2D eigenvalue weighted by Crippen LogP contribution is 2.34. The van der Waals surface area contributed by atoms with Gasteiger partial charge in [0.1, 0.15) is 18.0 Å². The second-order valence-electron chi connectivity index (χ2n) is 10.5. The molecule has 0 radical (unpaired) electrons. The number of aromatic hydroxyl groups is 1. The minimum Gasteiger partial charge on any atom is -0.508 e. The van der Waals surface area contributed by atoms with E-state index in [4.69, 9.17) is 0 Å². The predicted molar refractivity (Wildman–Crippen MR) is 153 cm³/mol. The first kappa shape index (κ1) is 26.3. The molecule has 4 aliphatic rings. The third kappa shape index (κ3) is 5.04. The lowest BCUT2D eigenvalue weighted by atomic mass is 9.95. The van der Waals surface area contributed by atoms with Crippen molar-refractivity contribution in [3.8, 4) is 5.75 Å². The first-order valence-electron chi connectivity index (χ1n) is 13.4. The predicted octanol–water partition coefficient (Wildman–Crippen LogP) is 2.59. The van der Waals surface area contributed by atoms with Gasteiger partial charge in [-0.15, -0.1) is 11.8 Å². The van der Waals surface area contributed by atoms with Gasteiger partial charge in [0.05, 0.1) is 29.9 Å². The Kier molecular flexibility index (Phi) is 7.20. The van der Waals surface area contributed by atoms with Crippen molar-refractivity contribution in [3.05, 3.63) is 89.5 Å². The van der Waals surface area contributed by atoms with Crippen LogP contribution in [-0.2, 0) is 27.3 Å². The lowest BCUT2D eigenvalue weighted by Gasteiger charge is -2.55. The summed E-state index contributed by atoms with van der Waals surface area (Å²) >= 11 is 1.66. The number of rotatable bonds is 6. The van der Waals surface area contributed by atoms with Crippen LogP contribution in [0.25, 0.3) is 0 Å². The van der Waals surface area contributed by atoms with Gasteiger partial charge in [-0.3, -0.25) is 19.4 Å². The highest BCUT2D eigenvalue weighted by atomic mass is 32.2. The Morgan fingerprint density at radius 3 is 2.58 bits per heavy atom. The van der Waals surface area contributed by atoms with E-state index in [0.717, 1.165) is 16.7 Å². The summed E-state index contributed by atoms with van der Waals surface area (Å²) in [4.78, 5) is 49.0. The largest absolute Gasteiger partial charge is 0.508 e. The Hall–Kier alpha value is -3.89. The average molecular weight is 558 g/mol. The summed E-state index contributed by atoms with van der Waals surface area (Å²) in [6, 6.07) is 15.6. The van der Waals surface area contributed by atoms with E-state index in [9.17, 15) is 19.5 Å². The van der Waals surface area contributed by atoms with Gasteiger partial charge < -0.3 is 14.9 Å². The van der Waals surface area contributed by atoms with Crippen LogP contribution in [0.2, 0.25) is 0 Å². The van der Waals surface area contributed by atoms with Gasteiger partial charge in [-0.05, 0) is 28.8 Å².